The zero-order valence-electron chi connectivity index (χ0n) is 11.0. The van der Waals surface area contributed by atoms with Crippen LogP contribution in [-0.2, 0) is 25.0 Å². The van der Waals surface area contributed by atoms with Gasteiger partial charge in [0.25, 0.3) is 20.2 Å². The normalized spacial score (nSPS) is 17.1. The van der Waals surface area contributed by atoms with E-state index in [1.807, 2.05) is 0 Å². The van der Waals surface area contributed by atoms with E-state index in [0.29, 0.717) is 0 Å². The molecular weight excluding hydrogens is 335 g/mol. The summed E-state index contributed by atoms with van der Waals surface area (Å²) < 4.78 is 62.9. The Hall–Kier alpha value is -2.02. The van der Waals surface area contributed by atoms with Gasteiger partial charge in [-0.25, -0.2) is 0 Å². The van der Waals surface area contributed by atoms with E-state index in [2.05, 4.69) is 10.4 Å². The Morgan fingerprint density at radius 2 is 1.73 bits per heavy atom. The number of hydrogen-bond acceptors (Lipinski definition) is 7. The number of benzene rings is 1. The Kier molecular flexibility index (Phi) is 3.95. The van der Waals surface area contributed by atoms with Crippen molar-refractivity contribution < 1.29 is 30.7 Å². The fourth-order valence-corrected chi connectivity index (χ4v) is 3.02. The van der Waals surface area contributed by atoms with Gasteiger partial charge in [0.1, 0.15) is 10.6 Å². The van der Waals surface area contributed by atoms with Gasteiger partial charge in [-0.2, -0.15) is 21.9 Å². The molecule has 1 aliphatic carbocycles. The standard InChI is InChI=1S/C10H9BN2O7S2/c11-13-12-9-7-2-1-6(21(15,16)17)3-5(7)4-8(10(9)14)22(18,19)20/h1-4,13H,11H2,(H,15,16,17)(H,18,19,20)/b12-9-. The fraction of sp³-hybridized carbons (Fsp3) is 0. The number of allylic oxidation sites excluding steroid dienone is 1. The van der Waals surface area contributed by atoms with Gasteiger partial charge in [0.05, 0.1) is 4.90 Å². The molecule has 0 radical (unpaired) electrons. The molecule has 0 heterocycles. The fourth-order valence-electron chi connectivity index (χ4n) is 1.90. The number of hydrogen-bond donors (Lipinski definition) is 3. The first kappa shape index (κ1) is 16.4. The van der Waals surface area contributed by atoms with Crippen LogP contribution >= 0.6 is 0 Å². The Balaban J connectivity index is 2.82. The lowest BCUT2D eigenvalue weighted by atomic mass is 9.94. The number of Topliss-reactive ketones (excluding diaryl/α,β-unsaturated/α-hetero) is 1. The zero-order chi connectivity index (χ0) is 16.7. The first-order valence-corrected chi connectivity index (χ1v) is 8.54. The van der Waals surface area contributed by atoms with E-state index in [4.69, 9.17) is 9.11 Å². The minimum atomic E-state index is -4.83. The Bertz CT molecular complexity index is 932. The first-order chi connectivity index (χ1) is 10.1. The van der Waals surface area contributed by atoms with Crippen LogP contribution in [0.25, 0.3) is 6.08 Å². The quantitative estimate of drug-likeness (QED) is 0.344. The molecule has 0 aliphatic heterocycles. The highest BCUT2D eigenvalue weighted by molar-refractivity contribution is 7.91. The van der Waals surface area contributed by atoms with E-state index in [1.165, 1.54) is 14.0 Å². The lowest BCUT2D eigenvalue weighted by molar-refractivity contribution is -0.109. The van der Waals surface area contributed by atoms with Crippen molar-refractivity contribution in [3.8, 4) is 0 Å². The van der Waals surface area contributed by atoms with Gasteiger partial charge in [-0.15, -0.1) is 0 Å². The molecule has 0 bridgehead atoms. The summed E-state index contributed by atoms with van der Waals surface area (Å²) in [7, 11) is -7.97. The van der Waals surface area contributed by atoms with Crippen molar-refractivity contribution in [1.82, 2.24) is 5.34 Å². The molecule has 9 nitrogen and oxygen atoms in total. The summed E-state index contributed by atoms with van der Waals surface area (Å²) in [4.78, 5) is 10.6. The molecule has 0 amide bonds. The first-order valence-electron chi connectivity index (χ1n) is 5.66. The smallest absolute Gasteiger partial charge is 0.298 e. The van der Waals surface area contributed by atoms with Crippen LogP contribution in [0, 0.1) is 0 Å². The van der Waals surface area contributed by atoms with Crippen LogP contribution in [0.5, 0.6) is 0 Å². The third-order valence-corrected chi connectivity index (χ3v) is 4.51. The SMILES string of the molecule is BN/N=C1\C(=O)C(S(=O)(=O)O)=Cc2cc(S(=O)(=O)O)ccc21. The van der Waals surface area contributed by atoms with Crippen molar-refractivity contribution in [2.24, 2.45) is 5.10 Å². The van der Waals surface area contributed by atoms with E-state index in [9.17, 15) is 21.6 Å². The van der Waals surface area contributed by atoms with Gasteiger partial charge in [0.2, 0.25) is 13.8 Å². The van der Waals surface area contributed by atoms with Crippen molar-refractivity contribution in [1.29, 1.82) is 0 Å². The summed E-state index contributed by atoms with van der Waals surface area (Å²) in [6.07, 6.45) is 0.816. The Labute approximate surface area is 126 Å². The van der Waals surface area contributed by atoms with E-state index >= 15 is 0 Å². The lowest BCUT2D eigenvalue weighted by Gasteiger charge is -2.16. The molecule has 1 aromatic rings. The highest BCUT2D eigenvalue weighted by Crippen LogP contribution is 2.27. The van der Waals surface area contributed by atoms with Gasteiger partial charge in [0.15, 0.2) is 0 Å². The predicted octanol–water partition coefficient (Wildman–Crippen LogP) is -1.41. The van der Waals surface area contributed by atoms with E-state index < -0.39 is 35.8 Å². The minimum absolute atomic E-state index is 0.00338. The maximum atomic E-state index is 12.1. The zero-order valence-corrected chi connectivity index (χ0v) is 12.6. The van der Waals surface area contributed by atoms with Gasteiger partial charge in [-0.05, 0) is 23.8 Å². The van der Waals surface area contributed by atoms with Crippen molar-refractivity contribution in [3.05, 3.63) is 34.2 Å². The summed E-state index contributed by atoms with van der Waals surface area (Å²) in [5.74, 6) is -1.04. The summed E-state index contributed by atoms with van der Waals surface area (Å²) in [6, 6.07) is 3.20. The number of nitrogens with one attached hydrogen (secondary N) is 1. The highest BCUT2D eigenvalue weighted by Gasteiger charge is 2.33. The third-order valence-electron chi connectivity index (χ3n) is 2.80. The average molecular weight is 344 g/mol. The predicted molar refractivity (Wildman–Crippen MR) is 79.0 cm³/mol. The molecule has 0 saturated heterocycles. The summed E-state index contributed by atoms with van der Waals surface area (Å²) >= 11 is 0. The van der Waals surface area contributed by atoms with Crippen molar-refractivity contribution in [2.45, 2.75) is 4.90 Å². The molecule has 3 N–H and O–H groups in total. The number of carbonyl (C=O) groups excluding carboxylic acids is 1. The number of fused-ring (bicyclic) bond motifs is 1. The van der Waals surface area contributed by atoms with Crippen molar-refractivity contribution in [2.75, 3.05) is 0 Å². The summed E-state index contributed by atoms with van der Waals surface area (Å²) in [5, 5.41) is 5.97. The van der Waals surface area contributed by atoms with Crippen molar-refractivity contribution in [3.63, 3.8) is 0 Å². The summed E-state index contributed by atoms with van der Waals surface area (Å²) in [5.41, 5.74) is -0.162. The molecule has 0 fully saturated rings. The second-order valence-electron chi connectivity index (χ2n) is 4.22. The van der Waals surface area contributed by atoms with Gasteiger partial charge in [0, 0.05) is 5.56 Å². The van der Waals surface area contributed by atoms with Gasteiger partial charge >= 0.3 is 0 Å². The van der Waals surface area contributed by atoms with Crippen LogP contribution in [0.2, 0.25) is 0 Å². The maximum Gasteiger partial charge on any atom is 0.298 e. The van der Waals surface area contributed by atoms with Gasteiger partial charge < -0.3 is 5.34 Å². The molecule has 1 aliphatic rings. The van der Waals surface area contributed by atoms with Gasteiger partial charge in [-0.1, -0.05) is 6.07 Å². The van der Waals surface area contributed by atoms with Crippen LogP contribution in [-0.4, -0.2) is 45.4 Å². The molecule has 1 aromatic carbocycles. The van der Waals surface area contributed by atoms with E-state index in [0.717, 1.165) is 18.2 Å². The Morgan fingerprint density at radius 3 is 2.23 bits per heavy atom. The number of nitrogens with zero attached hydrogens (tertiary/aromatic N) is 1. The second kappa shape index (κ2) is 5.32. The third kappa shape index (κ3) is 2.94. The highest BCUT2D eigenvalue weighted by atomic mass is 32.2. The molecule has 0 aromatic heterocycles. The number of rotatable bonds is 3. The largest absolute Gasteiger partial charge is 0.361 e. The molecule has 12 heteroatoms. The van der Waals surface area contributed by atoms with Crippen LogP contribution in [0.15, 0.2) is 33.1 Å². The van der Waals surface area contributed by atoms with Crippen molar-refractivity contribution >= 4 is 45.8 Å². The lowest BCUT2D eigenvalue weighted by Crippen LogP contribution is -2.28. The van der Waals surface area contributed by atoms with E-state index in [1.54, 1.807) is 0 Å². The monoisotopic (exact) mass is 344 g/mol. The van der Waals surface area contributed by atoms with Crippen LogP contribution in [0.4, 0.5) is 0 Å². The van der Waals surface area contributed by atoms with Crippen LogP contribution in [0.1, 0.15) is 11.1 Å². The average Bonchev–Trinajstić information content (AvgIpc) is 2.38. The van der Waals surface area contributed by atoms with Crippen LogP contribution < -0.4 is 5.34 Å². The van der Waals surface area contributed by atoms with E-state index in [-0.39, 0.29) is 16.8 Å². The molecule has 2 rings (SSSR count). The second-order valence-corrected chi connectivity index (χ2v) is 7.03. The minimum Gasteiger partial charge on any atom is -0.361 e. The molecular formula is C10H9BN2O7S2. The topological polar surface area (TPSA) is 150 Å². The molecule has 0 atom stereocenters. The van der Waals surface area contributed by atoms with Crippen LogP contribution in [0.3, 0.4) is 0 Å². The molecule has 116 valence electrons. The Morgan fingerprint density at radius 1 is 1.09 bits per heavy atom. The number of ketones is 1. The molecule has 22 heavy (non-hydrogen) atoms. The van der Waals surface area contributed by atoms with Gasteiger partial charge in [-0.3, -0.25) is 13.9 Å². The maximum absolute atomic E-state index is 12.1. The molecule has 0 unspecified atom stereocenters. The molecule has 0 spiro atoms. The molecule has 0 saturated carbocycles. The number of hydrazone groups is 1. The summed E-state index contributed by atoms with van der Waals surface area (Å²) in [6.45, 7) is 0. The number of carbonyl (C=O) groups is 1.